The molecule has 0 saturated carbocycles. The van der Waals surface area contributed by atoms with E-state index < -0.39 is 0 Å². The molecule has 3 aromatic rings. The van der Waals surface area contributed by atoms with E-state index in [1.807, 2.05) is 6.92 Å². The van der Waals surface area contributed by atoms with Gasteiger partial charge < -0.3 is 14.6 Å². The number of anilines is 1. The number of thiazole rings is 1. The van der Waals surface area contributed by atoms with E-state index in [0.717, 1.165) is 48.3 Å². The maximum absolute atomic E-state index is 12.3. The molecule has 130 valence electrons. The van der Waals surface area contributed by atoms with Gasteiger partial charge in [0.05, 0.1) is 23.5 Å². The summed E-state index contributed by atoms with van der Waals surface area (Å²) in [6.07, 6.45) is 3.88. The highest BCUT2D eigenvalue weighted by molar-refractivity contribution is 7.07. The first-order valence-electron chi connectivity index (χ1n) is 8.26. The molecule has 1 aliphatic rings. The zero-order valence-corrected chi connectivity index (χ0v) is 15.0. The minimum Gasteiger partial charge on any atom is -0.376 e. The predicted molar refractivity (Wildman–Crippen MR) is 96.0 cm³/mol. The Morgan fingerprint density at radius 1 is 1.40 bits per heavy atom. The molecule has 1 atom stereocenters. The Kier molecular flexibility index (Phi) is 4.22. The lowest BCUT2D eigenvalue weighted by atomic mass is 10.2. The maximum atomic E-state index is 12.3. The van der Waals surface area contributed by atoms with Crippen molar-refractivity contribution in [3.8, 4) is 0 Å². The van der Waals surface area contributed by atoms with Crippen LogP contribution in [0.5, 0.6) is 0 Å². The maximum Gasteiger partial charge on any atom is 0.276 e. The minimum absolute atomic E-state index is 0.219. The quantitative estimate of drug-likeness (QED) is 0.776. The number of amides is 1. The van der Waals surface area contributed by atoms with E-state index in [4.69, 9.17) is 4.74 Å². The molecule has 1 saturated heterocycles. The smallest absolute Gasteiger partial charge is 0.276 e. The first-order valence-corrected chi connectivity index (χ1v) is 9.21. The van der Waals surface area contributed by atoms with Crippen LogP contribution in [0.3, 0.4) is 0 Å². The van der Waals surface area contributed by atoms with Crippen LogP contribution in [-0.2, 0) is 11.3 Å². The summed E-state index contributed by atoms with van der Waals surface area (Å²) in [5, 5.41) is 5.47. The lowest BCUT2D eigenvalue weighted by Crippen LogP contribution is -2.16. The molecule has 1 amide bonds. The normalized spacial score (nSPS) is 17.3. The van der Waals surface area contributed by atoms with Crippen LogP contribution in [0.25, 0.3) is 11.0 Å². The molecular weight excluding hydrogens is 338 g/mol. The number of rotatable bonds is 4. The van der Waals surface area contributed by atoms with Crippen molar-refractivity contribution in [2.45, 2.75) is 39.3 Å². The van der Waals surface area contributed by atoms with Crippen molar-refractivity contribution in [1.29, 1.82) is 0 Å². The molecule has 4 rings (SSSR count). The lowest BCUT2D eigenvalue weighted by molar-refractivity contribution is 0.0974. The lowest BCUT2D eigenvalue weighted by Gasteiger charge is -2.13. The summed E-state index contributed by atoms with van der Waals surface area (Å²) in [5.41, 5.74) is 5.05. The minimum atomic E-state index is -0.259. The number of ether oxygens (including phenoxy) is 1. The molecule has 0 bridgehead atoms. The molecule has 0 aliphatic carbocycles. The van der Waals surface area contributed by atoms with Crippen molar-refractivity contribution in [2.75, 3.05) is 11.9 Å². The van der Waals surface area contributed by atoms with Crippen molar-refractivity contribution < 1.29 is 9.53 Å². The number of carbonyl (C=O) groups excluding carboxylic acids is 1. The monoisotopic (exact) mass is 357 g/mol. The number of nitrogens with zero attached hydrogens (tertiary/aromatic N) is 4. The van der Waals surface area contributed by atoms with E-state index in [1.54, 1.807) is 10.9 Å². The van der Waals surface area contributed by atoms with Gasteiger partial charge in [0, 0.05) is 17.7 Å². The van der Waals surface area contributed by atoms with E-state index in [0.29, 0.717) is 11.5 Å². The average Bonchev–Trinajstić information content (AvgIpc) is 3.34. The van der Waals surface area contributed by atoms with E-state index in [9.17, 15) is 4.79 Å². The molecule has 7 nitrogen and oxygen atoms in total. The van der Waals surface area contributed by atoms with Gasteiger partial charge in [0.1, 0.15) is 23.5 Å². The molecule has 8 heteroatoms. The third kappa shape index (κ3) is 2.91. The number of carbonyl (C=O) groups is 1. The fourth-order valence-corrected chi connectivity index (χ4v) is 3.81. The second-order valence-corrected chi connectivity index (χ2v) is 6.92. The van der Waals surface area contributed by atoms with Crippen molar-refractivity contribution in [1.82, 2.24) is 19.5 Å². The van der Waals surface area contributed by atoms with Gasteiger partial charge in [-0.25, -0.2) is 15.0 Å². The molecule has 1 unspecified atom stereocenters. The summed E-state index contributed by atoms with van der Waals surface area (Å²) in [6, 6.07) is 0. The number of aryl methyl sites for hydroxylation is 1. The number of aromatic nitrogens is 4. The van der Waals surface area contributed by atoms with E-state index >= 15 is 0 Å². The molecule has 1 aliphatic heterocycles. The third-order valence-electron chi connectivity index (χ3n) is 4.71. The van der Waals surface area contributed by atoms with Crippen LogP contribution < -0.4 is 5.32 Å². The molecule has 4 heterocycles. The summed E-state index contributed by atoms with van der Waals surface area (Å²) in [5.74, 6) is 0.264. The van der Waals surface area contributed by atoms with Crippen LogP contribution in [0.1, 0.15) is 34.6 Å². The Labute approximate surface area is 149 Å². The largest absolute Gasteiger partial charge is 0.376 e. The molecule has 0 aromatic carbocycles. The van der Waals surface area contributed by atoms with Gasteiger partial charge in [-0.15, -0.1) is 11.3 Å². The second-order valence-electron chi connectivity index (χ2n) is 6.20. The SMILES string of the molecule is Cc1c(C)n(CC2CCCO2)c2ncnc(NC(=O)c3cscn3)c12. The summed E-state index contributed by atoms with van der Waals surface area (Å²) >= 11 is 1.39. The van der Waals surface area contributed by atoms with E-state index in [2.05, 4.69) is 31.8 Å². The van der Waals surface area contributed by atoms with Gasteiger partial charge in [0.2, 0.25) is 0 Å². The van der Waals surface area contributed by atoms with Crippen LogP contribution in [0.15, 0.2) is 17.2 Å². The first-order chi connectivity index (χ1) is 12.1. The molecular formula is C17H19N5O2S. The summed E-state index contributed by atoms with van der Waals surface area (Å²) in [7, 11) is 0. The zero-order chi connectivity index (χ0) is 17.4. The Balaban J connectivity index is 1.72. The highest BCUT2D eigenvalue weighted by atomic mass is 32.1. The molecule has 1 N–H and O–H groups in total. The van der Waals surface area contributed by atoms with Gasteiger partial charge in [0.15, 0.2) is 0 Å². The Morgan fingerprint density at radius 3 is 3.00 bits per heavy atom. The summed E-state index contributed by atoms with van der Waals surface area (Å²) in [6.45, 7) is 5.70. The van der Waals surface area contributed by atoms with E-state index in [1.165, 1.54) is 17.7 Å². The van der Waals surface area contributed by atoms with Gasteiger partial charge in [-0.1, -0.05) is 0 Å². The Morgan fingerprint density at radius 2 is 2.28 bits per heavy atom. The molecule has 0 radical (unpaired) electrons. The number of nitrogens with one attached hydrogen (secondary N) is 1. The highest BCUT2D eigenvalue weighted by Gasteiger charge is 2.22. The van der Waals surface area contributed by atoms with Crippen molar-refractivity contribution in [2.24, 2.45) is 0 Å². The van der Waals surface area contributed by atoms with Crippen molar-refractivity contribution >= 4 is 34.1 Å². The van der Waals surface area contributed by atoms with Gasteiger partial charge in [-0.3, -0.25) is 4.79 Å². The number of hydrogen-bond donors (Lipinski definition) is 1. The highest BCUT2D eigenvalue weighted by Crippen LogP contribution is 2.30. The molecule has 3 aromatic heterocycles. The van der Waals surface area contributed by atoms with Gasteiger partial charge in [-0.05, 0) is 32.3 Å². The van der Waals surface area contributed by atoms with Gasteiger partial charge in [0.25, 0.3) is 5.91 Å². The van der Waals surface area contributed by atoms with Crippen LogP contribution in [0.2, 0.25) is 0 Å². The predicted octanol–water partition coefficient (Wildman–Crippen LogP) is 2.94. The average molecular weight is 357 g/mol. The fourth-order valence-electron chi connectivity index (χ4n) is 3.27. The standard InChI is InChI=1S/C17H19N5O2S/c1-10-11(2)22(6-12-4-3-5-24-12)16-14(10)15(18-8-19-16)21-17(23)13-7-25-9-20-13/h7-9,12H,3-6H2,1-2H3,(H,18,19,21,23). The van der Waals surface area contributed by atoms with Crippen LogP contribution >= 0.6 is 11.3 Å². The first kappa shape index (κ1) is 16.2. The number of fused-ring (bicyclic) bond motifs is 1. The Hall–Kier alpha value is -2.32. The Bertz CT molecular complexity index is 913. The topological polar surface area (TPSA) is 81.9 Å². The fraction of sp³-hybridized carbons (Fsp3) is 0.412. The van der Waals surface area contributed by atoms with Crippen molar-refractivity contribution in [3.05, 3.63) is 34.2 Å². The van der Waals surface area contributed by atoms with E-state index in [-0.39, 0.29) is 12.0 Å². The molecule has 25 heavy (non-hydrogen) atoms. The van der Waals surface area contributed by atoms with Crippen molar-refractivity contribution in [3.63, 3.8) is 0 Å². The molecule has 1 fully saturated rings. The second kappa shape index (κ2) is 6.53. The zero-order valence-electron chi connectivity index (χ0n) is 14.2. The number of hydrogen-bond acceptors (Lipinski definition) is 6. The van der Waals surface area contributed by atoms with Crippen LogP contribution in [0, 0.1) is 13.8 Å². The van der Waals surface area contributed by atoms with Crippen LogP contribution in [0.4, 0.5) is 5.82 Å². The third-order valence-corrected chi connectivity index (χ3v) is 5.30. The van der Waals surface area contributed by atoms with Gasteiger partial charge >= 0.3 is 0 Å². The van der Waals surface area contributed by atoms with Gasteiger partial charge in [-0.2, -0.15) is 0 Å². The molecule has 0 spiro atoms. The van der Waals surface area contributed by atoms with Crippen LogP contribution in [-0.4, -0.2) is 38.1 Å². The summed E-state index contributed by atoms with van der Waals surface area (Å²) < 4.78 is 7.94. The summed E-state index contributed by atoms with van der Waals surface area (Å²) in [4.78, 5) is 25.2.